The van der Waals surface area contributed by atoms with E-state index in [2.05, 4.69) is 20.6 Å². The number of likely N-dealkylation sites (tertiary alicyclic amines) is 1. The molecular weight excluding hydrogens is 398 g/mol. The van der Waals surface area contributed by atoms with Crippen LogP contribution in [-0.4, -0.2) is 58.8 Å². The van der Waals surface area contributed by atoms with E-state index in [0.29, 0.717) is 43.3 Å². The fourth-order valence-corrected chi connectivity index (χ4v) is 4.48. The SMILES string of the molecule is CCOCCn1c(=O)c(NCCN2CCCCC2)nc2ccc(-c3ccsc3)nc21. The van der Waals surface area contributed by atoms with Gasteiger partial charge in [-0.05, 0) is 56.4 Å². The highest BCUT2D eigenvalue weighted by atomic mass is 32.1. The topological polar surface area (TPSA) is 72.3 Å². The van der Waals surface area contributed by atoms with Gasteiger partial charge in [0.2, 0.25) is 0 Å². The van der Waals surface area contributed by atoms with E-state index < -0.39 is 0 Å². The summed E-state index contributed by atoms with van der Waals surface area (Å²) in [4.78, 5) is 25.0. The van der Waals surface area contributed by atoms with Crippen LogP contribution in [0.3, 0.4) is 0 Å². The van der Waals surface area contributed by atoms with Crippen molar-refractivity contribution in [1.82, 2.24) is 19.4 Å². The van der Waals surface area contributed by atoms with Crippen molar-refractivity contribution in [2.24, 2.45) is 0 Å². The summed E-state index contributed by atoms with van der Waals surface area (Å²) in [7, 11) is 0. The molecule has 3 aromatic rings. The Hall–Kier alpha value is -2.29. The first-order valence-corrected chi connectivity index (χ1v) is 11.7. The van der Waals surface area contributed by atoms with Gasteiger partial charge in [0.1, 0.15) is 5.52 Å². The van der Waals surface area contributed by atoms with Crippen LogP contribution >= 0.6 is 11.3 Å². The second-order valence-corrected chi connectivity index (χ2v) is 8.27. The van der Waals surface area contributed by atoms with Crippen molar-refractivity contribution in [3.63, 3.8) is 0 Å². The van der Waals surface area contributed by atoms with Gasteiger partial charge in [-0.1, -0.05) is 6.42 Å². The van der Waals surface area contributed by atoms with Gasteiger partial charge < -0.3 is 15.0 Å². The molecule has 0 aromatic carbocycles. The number of hydrogen-bond donors (Lipinski definition) is 1. The van der Waals surface area contributed by atoms with Crippen molar-refractivity contribution >= 4 is 28.3 Å². The lowest BCUT2D eigenvalue weighted by Crippen LogP contribution is -2.35. The number of fused-ring (bicyclic) bond motifs is 1. The number of piperidine rings is 1. The molecule has 160 valence electrons. The highest BCUT2D eigenvalue weighted by Gasteiger charge is 2.15. The number of hydrogen-bond acceptors (Lipinski definition) is 7. The maximum atomic E-state index is 13.2. The van der Waals surface area contributed by atoms with Crippen molar-refractivity contribution in [2.45, 2.75) is 32.7 Å². The summed E-state index contributed by atoms with van der Waals surface area (Å²) in [5, 5.41) is 7.35. The average Bonchev–Trinajstić information content (AvgIpc) is 3.31. The largest absolute Gasteiger partial charge is 0.380 e. The Labute approximate surface area is 180 Å². The van der Waals surface area contributed by atoms with E-state index in [1.165, 1.54) is 19.3 Å². The third-order valence-electron chi connectivity index (χ3n) is 5.44. The predicted octanol–water partition coefficient (Wildman–Crippen LogP) is 3.45. The molecule has 1 N–H and O–H groups in total. The van der Waals surface area contributed by atoms with Gasteiger partial charge in [-0.3, -0.25) is 9.36 Å². The molecular formula is C22H29N5O2S. The monoisotopic (exact) mass is 427 g/mol. The van der Waals surface area contributed by atoms with Crippen LogP contribution in [0.4, 0.5) is 5.82 Å². The number of aromatic nitrogens is 3. The quantitative estimate of drug-likeness (QED) is 0.528. The van der Waals surface area contributed by atoms with Gasteiger partial charge >= 0.3 is 0 Å². The molecule has 0 saturated carbocycles. The standard InChI is InChI=1S/C22H29N5O2S/c1-2-29-14-13-27-21-19(7-6-18(25-21)17-8-15-30-16-17)24-20(22(27)28)23-9-12-26-10-4-3-5-11-26/h6-8,15-16H,2-5,9-14H2,1H3,(H,23,24). The fraction of sp³-hybridized carbons (Fsp3) is 0.500. The molecule has 1 fully saturated rings. The fourth-order valence-electron chi connectivity index (χ4n) is 3.83. The number of pyridine rings is 1. The maximum absolute atomic E-state index is 13.2. The molecule has 4 rings (SSSR count). The first-order valence-electron chi connectivity index (χ1n) is 10.7. The Morgan fingerprint density at radius 1 is 1.13 bits per heavy atom. The van der Waals surface area contributed by atoms with Gasteiger partial charge in [0.15, 0.2) is 11.5 Å². The molecule has 3 aromatic heterocycles. The van der Waals surface area contributed by atoms with Crippen LogP contribution in [0.2, 0.25) is 0 Å². The summed E-state index contributed by atoms with van der Waals surface area (Å²) < 4.78 is 7.20. The number of nitrogens with zero attached hydrogens (tertiary/aromatic N) is 4. The number of rotatable bonds is 9. The van der Waals surface area contributed by atoms with Crippen LogP contribution in [0.5, 0.6) is 0 Å². The van der Waals surface area contributed by atoms with Gasteiger partial charge in [0.25, 0.3) is 5.56 Å². The highest BCUT2D eigenvalue weighted by molar-refractivity contribution is 7.08. The van der Waals surface area contributed by atoms with E-state index in [0.717, 1.165) is 30.9 Å². The van der Waals surface area contributed by atoms with Crippen LogP contribution in [0.1, 0.15) is 26.2 Å². The van der Waals surface area contributed by atoms with Crippen LogP contribution in [-0.2, 0) is 11.3 Å². The van der Waals surface area contributed by atoms with Crippen LogP contribution in [0, 0.1) is 0 Å². The summed E-state index contributed by atoms with van der Waals surface area (Å²) in [6, 6.07) is 5.94. The Morgan fingerprint density at radius 3 is 2.77 bits per heavy atom. The molecule has 0 aliphatic carbocycles. The Morgan fingerprint density at radius 2 is 2.00 bits per heavy atom. The van der Waals surface area contributed by atoms with E-state index in [9.17, 15) is 4.79 Å². The van der Waals surface area contributed by atoms with Crippen molar-refractivity contribution in [3.05, 3.63) is 39.3 Å². The van der Waals surface area contributed by atoms with Gasteiger partial charge in [-0.2, -0.15) is 11.3 Å². The van der Waals surface area contributed by atoms with Crippen LogP contribution < -0.4 is 10.9 Å². The average molecular weight is 428 g/mol. The molecule has 7 nitrogen and oxygen atoms in total. The van der Waals surface area contributed by atoms with Crippen LogP contribution in [0.25, 0.3) is 22.4 Å². The normalized spacial score (nSPS) is 15.0. The minimum Gasteiger partial charge on any atom is -0.380 e. The molecule has 0 spiro atoms. The van der Waals surface area contributed by atoms with Crippen molar-refractivity contribution in [3.8, 4) is 11.3 Å². The lowest BCUT2D eigenvalue weighted by atomic mass is 10.1. The minimum absolute atomic E-state index is 0.143. The molecule has 8 heteroatoms. The zero-order valence-corrected chi connectivity index (χ0v) is 18.3. The molecule has 1 saturated heterocycles. The summed E-state index contributed by atoms with van der Waals surface area (Å²) in [5.74, 6) is 0.390. The summed E-state index contributed by atoms with van der Waals surface area (Å²) in [6.45, 7) is 7.40. The van der Waals surface area contributed by atoms with E-state index in [-0.39, 0.29) is 5.56 Å². The van der Waals surface area contributed by atoms with E-state index in [1.807, 2.05) is 30.5 Å². The highest BCUT2D eigenvalue weighted by Crippen LogP contribution is 2.22. The first kappa shape index (κ1) is 21.0. The second kappa shape index (κ2) is 10.1. The smallest absolute Gasteiger partial charge is 0.295 e. The zero-order valence-electron chi connectivity index (χ0n) is 17.5. The lowest BCUT2D eigenvalue weighted by molar-refractivity contribution is 0.139. The number of thiophene rings is 1. The van der Waals surface area contributed by atoms with Gasteiger partial charge in [-0.25, -0.2) is 9.97 Å². The number of anilines is 1. The van der Waals surface area contributed by atoms with Crippen molar-refractivity contribution < 1.29 is 4.74 Å². The van der Waals surface area contributed by atoms with Gasteiger partial charge in [-0.15, -0.1) is 0 Å². The van der Waals surface area contributed by atoms with E-state index >= 15 is 0 Å². The molecule has 0 bridgehead atoms. The van der Waals surface area contributed by atoms with Gasteiger partial charge in [0.05, 0.1) is 18.8 Å². The predicted molar refractivity (Wildman–Crippen MR) is 122 cm³/mol. The second-order valence-electron chi connectivity index (χ2n) is 7.49. The van der Waals surface area contributed by atoms with E-state index in [1.54, 1.807) is 15.9 Å². The number of ether oxygens (including phenoxy) is 1. The van der Waals surface area contributed by atoms with Gasteiger partial charge in [0, 0.05) is 30.6 Å². The third-order valence-corrected chi connectivity index (χ3v) is 6.12. The molecule has 1 aliphatic rings. The Bertz CT molecular complexity index is 1010. The summed E-state index contributed by atoms with van der Waals surface area (Å²) in [5.41, 5.74) is 3.07. The molecule has 4 heterocycles. The molecule has 0 atom stereocenters. The number of nitrogens with one attached hydrogen (secondary N) is 1. The van der Waals surface area contributed by atoms with Crippen molar-refractivity contribution in [2.75, 3.05) is 44.7 Å². The zero-order chi connectivity index (χ0) is 20.8. The van der Waals surface area contributed by atoms with Crippen LogP contribution in [0.15, 0.2) is 33.8 Å². The molecule has 30 heavy (non-hydrogen) atoms. The lowest BCUT2D eigenvalue weighted by Gasteiger charge is -2.26. The van der Waals surface area contributed by atoms with E-state index in [4.69, 9.17) is 9.72 Å². The van der Waals surface area contributed by atoms with Crippen molar-refractivity contribution in [1.29, 1.82) is 0 Å². The minimum atomic E-state index is -0.143. The summed E-state index contributed by atoms with van der Waals surface area (Å²) in [6.07, 6.45) is 3.84. The molecule has 0 amide bonds. The molecule has 0 unspecified atom stereocenters. The maximum Gasteiger partial charge on any atom is 0.295 e. The third kappa shape index (κ3) is 4.88. The Balaban J connectivity index is 1.61. The molecule has 1 aliphatic heterocycles. The molecule has 0 radical (unpaired) electrons. The first-order chi connectivity index (χ1) is 14.8. The summed E-state index contributed by atoms with van der Waals surface area (Å²) >= 11 is 1.63. The Kier molecular flexibility index (Phi) is 7.09.